The van der Waals surface area contributed by atoms with Crippen LogP contribution in [0, 0.1) is 20.8 Å². The Balaban J connectivity index is 2.11. The summed E-state index contributed by atoms with van der Waals surface area (Å²) in [5.41, 5.74) is 14.7. The van der Waals surface area contributed by atoms with Gasteiger partial charge >= 0.3 is 0 Å². The summed E-state index contributed by atoms with van der Waals surface area (Å²) in [6, 6.07) is 4.45. The molecule has 3 rings (SSSR count). The molecule has 0 bridgehead atoms. The fourth-order valence-corrected chi connectivity index (χ4v) is 4.20. The van der Waals surface area contributed by atoms with Crippen molar-refractivity contribution in [3.63, 3.8) is 0 Å². The molecule has 0 saturated heterocycles. The van der Waals surface area contributed by atoms with Gasteiger partial charge in [-0.15, -0.1) is 5.11 Å². The molecule has 140 valence electrons. The number of benzene rings is 1. The summed E-state index contributed by atoms with van der Waals surface area (Å²) in [6.45, 7) is 14.0. The first-order chi connectivity index (χ1) is 12.4. The summed E-state index contributed by atoms with van der Waals surface area (Å²) in [7, 11) is 0. The van der Waals surface area contributed by atoms with E-state index in [0.717, 1.165) is 37.3 Å². The van der Waals surface area contributed by atoms with Gasteiger partial charge < -0.3 is 5.73 Å². The highest BCUT2D eigenvalue weighted by Crippen LogP contribution is 2.44. The average Bonchev–Trinajstić information content (AvgIpc) is 2.99. The molecule has 5 heteroatoms. The number of allylic oxidation sites excluding steroid dienone is 2. The van der Waals surface area contributed by atoms with Crippen molar-refractivity contribution in [2.45, 2.75) is 67.0 Å². The lowest BCUT2D eigenvalue weighted by molar-refractivity contribution is 0.00990. The molecule has 2 aliphatic rings. The molecule has 1 unspecified atom stereocenters. The van der Waals surface area contributed by atoms with Gasteiger partial charge in [0.2, 0.25) is 0 Å². The largest absolute Gasteiger partial charge is 0.395 e. The van der Waals surface area contributed by atoms with Gasteiger partial charge in [0, 0.05) is 17.8 Å². The maximum Gasteiger partial charge on any atom is 0.195 e. The van der Waals surface area contributed by atoms with Crippen LogP contribution in [-0.4, -0.2) is 16.6 Å². The summed E-state index contributed by atoms with van der Waals surface area (Å²) in [5, 5.41) is 13.7. The van der Waals surface area contributed by atoms with Crippen molar-refractivity contribution >= 4 is 0 Å². The molecule has 0 radical (unpaired) electrons. The maximum atomic E-state index is 6.50. The molecule has 0 spiro atoms. The van der Waals surface area contributed by atoms with Gasteiger partial charge in [0.1, 0.15) is 0 Å². The Morgan fingerprint density at radius 1 is 1.08 bits per heavy atom. The number of aryl methyl sites for hydroxylation is 3. The zero-order valence-electron chi connectivity index (χ0n) is 16.9. The van der Waals surface area contributed by atoms with E-state index >= 15 is 0 Å². The molecule has 2 N–H and O–H groups in total. The molecule has 2 heterocycles. The minimum Gasteiger partial charge on any atom is -0.395 e. The standard InChI is InChI=1S/C21H31N5/c1-7-9-10-25-16(6)17(8-2)19(22)21-24-23-20(26(21)25)18-14(4)11-13(3)12-15(18)5/h11-12,20H,7-10,22H2,1-6H3. The summed E-state index contributed by atoms with van der Waals surface area (Å²) in [4.78, 5) is 0. The van der Waals surface area contributed by atoms with Crippen LogP contribution in [0.15, 0.2) is 45.1 Å². The minimum atomic E-state index is -0.144. The van der Waals surface area contributed by atoms with Crippen LogP contribution in [0.2, 0.25) is 0 Å². The Hall–Kier alpha value is -2.30. The van der Waals surface area contributed by atoms with Gasteiger partial charge in [-0.05, 0) is 57.2 Å². The molecule has 0 saturated carbocycles. The van der Waals surface area contributed by atoms with Crippen LogP contribution in [0.4, 0.5) is 0 Å². The van der Waals surface area contributed by atoms with E-state index in [-0.39, 0.29) is 6.17 Å². The van der Waals surface area contributed by atoms with E-state index < -0.39 is 0 Å². The average molecular weight is 354 g/mol. The summed E-state index contributed by atoms with van der Waals surface area (Å²) in [5.74, 6) is 0.799. The number of nitrogens with zero attached hydrogens (tertiary/aromatic N) is 4. The predicted molar refractivity (Wildman–Crippen MR) is 106 cm³/mol. The normalized spacial score (nSPS) is 19.7. The SMILES string of the molecule is CCCCN1C(C)=C(CC)C(N)=C2N=NC(c3c(C)cc(C)cc3C)N21. The number of azo groups is 1. The van der Waals surface area contributed by atoms with Crippen molar-refractivity contribution in [2.75, 3.05) is 6.54 Å². The van der Waals surface area contributed by atoms with E-state index in [4.69, 9.17) is 5.73 Å². The molecular weight excluding hydrogens is 322 g/mol. The second-order valence-electron chi connectivity index (χ2n) is 7.38. The van der Waals surface area contributed by atoms with Gasteiger partial charge in [0.25, 0.3) is 0 Å². The number of nitrogens with two attached hydrogens (primary N) is 1. The fraction of sp³-hybridized carbons (Fsp3) is 0.524. The second-order valence-corrected chi connectivity index (χ2v) is 7.38. The van der Waals surface area contributed by atoms with Crippen molar-refractivity contribution in [1.82, 2.24) is 10.0 Å². The highest BCUT2D eigenvalue weighted by molar-refractivity contribution is 5.43. The van der Waals surface area contributed by atoms with Gasteiger partial charge in [-0.1, -0.05) is 38.0 Å². The molecule has 1 aromatic rings. The van der Waals surface area contributed by atoms with Crippen molar-refractivity contribution < 1.29 is 0 Å². The van der Waals surface area contributed by atoms with Crippen molar-refractivity contribution in [3.05, 3.63) is 57.2 Å². The van der Waals surface area contributed by atoms with E-state index in [1.165, 1.54) is 33.5 Å². The summed E-state index contributed by atoms with van der Waals surface area (Å²) in [6.07, 6.45) is 3.03. The smallest absolute Gasteiger partial charge is 0.195 e. The Kier molecular flexibility index (Phi) is 5.08. The molecule has 0 aromatic heterocycles. The van der Waals surface area contributed by atoms with Gasteiger partial charge in [0.15, 0.2) is 12.0 Å². The highest BCUT2D eigenvalue weighted by Gasteiger charge is 2.39. The third-order valence-corrected chi connectivity index (χ3v) is 5.43. The third kappa shape index (κ3) is 2.89. The van der Waals surface area contributed by atoms with Crippen LogP contribution in [0.25, 0.3) is 0 Å². The topological polar surface area (TPSA) is 57.2 Å². The van der Waals surface area contributed by atoms with E-state index in [1.54, 1.807) is 0 Å². The Morgan fingerprint density at radius 3 is 2.31 bits per heavy atom. The Morgan fingerprint density at radius 2 is 1.73 bits per heavy atom. The molecule has 5 nitrogen and oxygen atoms in total. The van der Waals surface area contributed by atoms with E-state index in [9.17, 15) is 0 Å². The molecule has 0 aliphatic carbocycles. The molecule has 26 heavy (non-hydrogen) atoms. The lowest BCUT2D eigenvalue weighted by Crippen LogP contribution is -2.45. The fourth-order valence-electron chi connectivity index (χ4n) is 4.20. The van der Waals surface area contributed by atoms with Gasteiger partial charge in [0.05, 0.1) is 5.70 Å². The minimum absolute atomic E-state index is 0.144. The number of hydrogen-bond donors (Lipinski definition) is 1. The summed E-state index contributed by atoms with van der Waals surface area (Å²) < 4.78 is 0. The Bertz CT molecular complexity index is 780. The number of fused-ring (bicyclic) bond motifs is 1. The Labute approximate surface area is 157 Å². The van der Waals surface area contributed by atoms with Gasteiger partial charge in [-0.3, -0.25) is 5.01 Å². The zero-order valence-corrected chi connectivity index (χ0v) is 16.9. The monoisotopic (exact) mass is 353 g/mol. The summed E-state index contributed by atoms with van der Waals surface area (Å²) >= 11 is 0. The number of hydrogen-bond acceptors (Lipinski definition) is 5. The molecule has 0 amide bonds. The molecular formula is C21H31N5. The van der Waals surface area contributed by atoms with E-state index in [1.807, 2.05) is 0 Å². The van der Waals surface area contributed by atoms with Crippen LogP contribution in [0.3, 0.4) is 0 Å². The van der Waals surface area contributed by atoms with Crippen molar-refractivity contribution in [3.8, 4) is 0 Å². The first kappa shape index (κ1) is 18.5. The van der Waals surface area contributed by atoms with Crippen LogP contribution >= 0.6 is 0 Å². The molecule has 2 aliphatic heterocycles. The predicted octanol–water partition coefficient (Wildman–Crippen LogP) is 5.22. The number of rotatable bonds is 5. The lowest BCUT2D eigenvalue weighted by Gasteiger charge is -2.43. The number of hydrazine groups is 1. The van der Waals surface area contributed by atoms with Crippen LogP contribution < -0.4 is 5.73 Å². The first-order valence-corrected chi connectivity index (χ1v) is 9.65. The zero-order chi connectivity index (χ0) is 19.0. The van der Waals surface area contributed by atoms with Crippen LogP contribution in [0.1, 0.15) is 68.5 Å². The number of unbranched alkanes of at least 4 members (excludes halogenated alkanes) is 1. The lowest BCUT2D eigenvalue weighted by atomic mass is 9.97. The highest BCUT2D eigenvalue weighted by atomic mass is 15.7. The molecule has 0 fully saturated rings. The van der Waals surface area contributed by atoms with Gasteiger partial charge in [-0.2, -0.15) is 5.11 Å². The van der Waals surface area contributed by atoms with E-state index in [2.05, 4.69) is 73.9 Å². The van der Waals surface area contributed by atoms with Crippen LogP contribution in [-0.2, 0) is 0 Å². The van der Waals surface area contributed by atoms with Gasteiger partial charge in [-0.25, -0.2) is 5.01 Å². The molecule has 1 aromatic carbocycles. The second kappa shape index (κ2) is 7.14. The first-order valence-electron chi connectivity index (χ1n) is 9.65. The maximum absolute atomic E-state index is 6.50. The van der Waals surface area contributed by atoms with Crippen molar-refractivity contribution in [2.24, 2.45) is 16.0 Å². The molecule has 1 atom stereocenters. The van der Waals surface area contributed by atoms with E-state index in [0.29, 0.717) is 0 Å². The van der Waals surface area contributed by atoms with Crippen molar-refractivity contribution in [1.29, 1.82) is 0 Å². The third-order valence-electron chi connectivity index (χ3n) is 5.43. The quantitative estimate of drug-likeness (QED) is 0.789. The van der Waals surface area contributed by atoms with Crippen LogP contribution in [0.5, 0.6) is 0 Å².